The number of imidazole rings is 1. The van der Waals surface area contributed by atoms with Crippen LogP contribution in [0.2, 0.25) is 5.02 Å². The molecule has 0 atom stereocenters. The zero-order chi connectivity index (χ0) is 13.6. The van der Waals surface area contributed by atoms with E-state index in [9.17, 15) is 4.39 Å². The summed E-state index contributed by atoms with van der Waals surface area (Å²) in [7, 11) is 0. The third-order valence-corrected chi connectivity index (χ3v) is 3.38. The van der Waals surface area contributed by atoms with Crippen LogP contribution in [-0.4, -0.2) is 9.38 Å². The second-order valence-electron chi connectivity index (χ2n) is 4.36. The summed E-state index contributed by atoms with van der Waals surface area (Å²) in [6.45, 7) is 1.71. The molecule has 0 spiro atoms. The number of fused-ring (bicyclic) bond motifs is 1. The van der Waals surface area contributed by atoms with Crippen molar-refractivity contribution in [1.29, 1.82) is 0 Å². The summed E-state index contributed by atoms with van der Waals surface area (Å²) in [4.78, 5) is 4.39. The van der Waals surface area contributed by atoms with Gasteiger partial charge in [-0.2, -0.15) is 0 Å². The fraction of sp³-hybridized carbons (Fsp3) is 0.0714. The summed E-state index contributed by atoms with van der Waals surface area (Å²) in [6.07, 6.45) is 1.78. The molecule has 0 unspecified atom stereocenters. The van der Waals surface area contributed by atoms with Gasteiger partial charge < -0.3 is 5.73 Å². The number of halogens is 2. The fourth-order valence-electron chi connectivity index (χ4n) is 2.01. The maximum Gasteiger partial charge on any atom is 0.157 e. The minimum Gasteiger partial charge on any atom is -0.383 e. The summed E-state index contributed by atoms with van der Waals surface area (Å²) in [6, 6.07) is 8.46. The minimum absolute atomic E-state index is 0.278. The largest absolute Gasteiger partial charge is 0.383 e. The molecule has 0 saturated heterocycles. The molecule has 0 aliphatic carbocycles. The Morgan fingerprint density at radius 1 is 1.32 bits per heavy atom. The number of aromatic nitrogens is 2. The van der Waals surface area contributed by atoms with E-state index in [1.54, 1.807) is 41.8 Å². The van der Waals surface area contributed by atoms with Crippen molar-refractivity contribution in [2.24, 2.45) is 0 Å². The van der Waals surface area contributed by atoms with Crippen LogP contribution in [0.1, 0.15) is 5.56 Å². The van der Waals surface area contributed by atoms with E-state index in [-0.39, 0.29) is 5.82 Å². The van der Waals surface area contributed by atoms with Gasteiger partial charge in [-0.15, -0.1) is 0 Å². The highest BCUT2D eigenvalue weighted by Gasteiger charge is 2.14. The van der Waals surface area contributed by atoms with Crippen molar-refractivity contribution in [2.75, 3.05) is 5.73 Å². The molecule has 0 bridgehead atoms. The summed E-state index contributed by atoms with van der Waals surface area (Å²) in [5.41, 5.74) is 8.38. The van der Waals surface area contributed by atoms with Crippen molar-refractivity contribution < 1.29 is 4.39 Å². The van der Waals surface area contributed by atoms with E-state index >= 15 is 0 Å². The van der Waals surface area contributed by atoms with Crippen molar-refractivity contribution in [2.45, 2.75) is 6.92 Å². The average molecular weight is 276 g/mol. The fourth-order valence-corrected chi connectivity index (χ4v) is 2.21. The van der Waals surface area contributed by atoms with E-state index in [1.165, 1.54) is 6.07 Å². The Kier molecular flexibility index (Phi) is 2.68. The van der Waals surface area contributed by atoms with Gasteiger partial charge in [0.2, 0.25) is 0 Å². The third kappa shape index (κ3) is 1.85. The van der Waals surface area contributed by atoms with Crippen LogP contribution in [-0.2, 0) is 0 Å². The van der Waals surface area contributed by atoms with Gasteiger partial charge in [-0.1, -0.05) is 23.7 Å². The number of nitrogens with zero attached hydrogens (tertiary/aromatic N) is 2. The molecule has 3 rings (SSSR count). The first kappa shape index (κ1) is 12.0. The molecule has 5 heteroatoms. The highest BCUT2D eigenvalue weighted by molar-refractivity contribution is 6.33. The SMILES string of the molecule is Cc1ccc(-c2nc3c(Cl)cccn3c2N)cc1F. The lowest BCUT2D eigenvalue weighted by molar-refractivity contribution is 0.619. The third-order valence-electron chi connectivity index (χ3n) is 3.08. The number of benzene rings is 1. The average Bonchev–Trinajstić information content (AvgIpc) is 2.72. The molecule has 0 saturated carbocycles. The lowest BCUT2D eigenvalue weighted by Crippen LogP contribution is -1.94. The highest BCUT2D eigenvalue weighted by atomic mass is 35.5. The van der Waals surface area contributed by atoms with E-state index in [2.05, 4.69) is 4.98 Å². The first-order chi connectivity index (χ1) is 9.08. The maximum atomic E-state index is 13.6. The molecule has 0 fully saturated rings. The number of hydrogen-bond donors (Lipinski definition) is 1. The molecule has 0 radical (unpaired) electrons. The Labute approximate surface area is 114 Å². The number of nitrogens with two attached hydrogens (primary N) is 1. The minimum atomic E-state index is -0.278. The summed E-state index contributed by atoms with van der Waals surface area (Å²) < 4.78 is 15.3. The zero-order valence-corrected chi connectivity index (χ0v) is 10.9. The van der Waals surface area contributed by atoms with Crippen molar-refractivity contribution in [3.05, 3.63) is 52.9 Å². The molecule has 0 amide bonds. The van der Waals surface area contributed by atoms with Crippen LogP contribution in [0.25, 0.3) is 16.9 Å². The second-order valence-corrected chi connectivity index (χ2v) is 4.77. The van der Waals surface area contributed by atoms with Gasteiger partial charge in [0.1, 0.15) is 17.3 Å². The Morgan fingerprint density at radius 3 is 2.79 bits per heavy atom. The van der Waals surface area contributed by atoms with Gasteiger partial charge >= 0.3 is 0 Å². The summed E-state index contributed by atoms with van der Waals surface area (Å²) in [5, 5.41) is 0.507. The molecule has 2 N–H and O–H groups in total. The lowest BCUT2D eigenvalue weighted by Gasteiger charge is -2.01. The number of rotatable bonds is 1. The first-order valence-corrected chi connectivity index (χ1v) is 6.14. The molecule has 19 heavy (non-hydrogen) atoms. The van der Waals surface area contributed by atoms with Crippen LogP contribution in [0.5, 0.6) is 0 Å². The van der Waals surface area contributed by atoms with E-state index in [4.69, 9.17) is 17.3 Å². The molecule has 3 aromatic rings. The van der Waals surface area contributed by atoms with Crippen molar-refractivity contribution in [1.82, 2.24) is 9.38 Å². The normalized spacial score (nSPS) is 11.1. The number of anilines is 1. The van der Waals surface area contributed by atoms with Crippen LogP contribution < -0.4 is 5.73 Å². The van der Waals surface area contributed by atoms with Gasteiger partial charge in [0, 0.05) is 11.8 Å². The van der Waals surface area contributed by atoms with E-state index in [0.29, 0.717) is 33.3 Å². The lowest BCUT2D eigenvalue weighted by atomic mass is 10.1. The van der Waals surface area contributed by atoms with Gasteiger partial charge in [0.05, 0.1) is 5.02 Å². The predicted octanol–water partition coefficient (Wildman–Crippen LogP) is 3.68. The number of pyridine rings is 1. The van der Waals surface area contributed by atoms with Gasteiger partial charge in [0.15, 0.2) is 5.65 Å². The number of nitrogen functional groups attached to an aromatic ring is 1. The molecule has 0 aliphatic heterocycles. The number of aryl methyl sites for hydroxylation is 1. The second kappa shape index (κ2) is 4.24. The Balaban J connectivity index is 2.28. The standard InChI is InChI=1S/C14H11ClFN3/c1-8-4-5-9(7-11(8)16)12-13(17)19-6-2-3-10(15)14(19)18-12/h2-7H,17H2,1H3. The van der Waals surface area contributed by atoms with Crippen LogP contribution in [0.3, 0.4) is 0 Å². The quantitative estimate of drug-likeness (QED) is 0.736. The molecule has 1 aromatic carbocycles. The van der Waals surface area contributed by atoms with E-state index < -0.39 is 0 Å². The molecule has 3 nitrogen and oxygen atoms in total. The Morgan fingerprint density at radius 2 is 2.11 bits per heavy atom. The molecular weight excluding hydrogens is 265 g/mol. The van der Waals surface area contributed by atoms with Gasteiger partial charge in [0.25, 0.3) is 0 Å². The topological polar surface area (TPSA) is 43.3 Å². The molecule has 96 valence electrons. The molecular formula is C14H11ClFN3. The summed E-state index contributed by atoms with van der Waals surface area (Å²) >= 11 is 6.07. The monoisotopic (exact) mass is 275 g/mol. The molecule has 2 heterocycles. The predicted molar refractivity (Wildman–Crippen MR) is 74.7 cm³/mol. The maximum absolute atomic E-state index is 13.6. The smallest absolute Gasteiger partial charge is 0.157 e. The van der Waals surface area contributed by atoms with E-state index in [0.717, 1.165) is 0 Å². The van der Waals surface area contributed by atoms with Crippen molar-refractivity contribution in [3.63, 3.8) is 0 Å². The van der Waals surface area contributed by atoms with E-state index in [1.807, 2.05) is 0 Å². The number of hydrogen-bond acceptors (Lipinski definition) is 2. The van der Waals surface area contributed by atoms with Gasteiger partial charge in [-0.3, -0.25) is 4.40 Å². The zero-order valence-electron chi connectivity index (χ0n) is 10.2. The highest BCUT2D eigenvalue weighted by Crippen LogP contribution is 2.29. The van der Waals surface area contributed by atoms with Crippen LogP contribution in [0, 0.1) is 12.7 Å². The van der Waals surface area contributed by atoms with Gasteiger partial charge in [-0.05, 0) is 30.7 Å². The van der Waals surface area contributed by atoms with Crippen LogP contribution in [0.4, 0.5) is 10.2 Å². The molecule has 0 aliphatic rings. The van der Waals surface area contributed by atoms with Crippen molar-refractivity contribution in [3.8, 4) is 11.3 Å². The van der Waals surface area contributed by atoms with Crippen LogP contribution >= 0.6 is 11.6 Å². The summed E-state index contributed by atoms with van der Waals surface area (Å²) in [5.74, 6) is 0.167. The Hall–Kier alpha value is -2.07. The van der Waals surface area contributed by atoms with Crippen LogP contribution in [0.15, 0.2) is 36.5 Å². The molecule has 2 aromatic heterocycles. The van der Waals surface area contributed by atoms with Crippen molar-refractivity contribution >= 4 is 23.1 Å². The Bertz CT molecular complexity index is 780. The van der Waals surface area contributed by atoms with Gasteiger partial charge in [-0.25, -0.2) is 9.37 Å². The first-order valence-electron chi connectivity index (χ1n) is 5.76.